The molecule has 1 aromatic rings. The first-order chi connectivity index (χ1) is 14.7. The molecule has 0 aliphatic carbocycles. The number of rotatable bonds is 13. The maximum atomic E-state index is 5.66. The number of aliphatic imine (C=N–C) groups is 1. The lowest BCUT2D eigenvalue weighted by Crippen LogP contribution is -2.39. The van der Waals surface area contributed by atoms with Crippen molar-refractivity contribution in [3.8, 4) is 5.75 Å². The van der Waals surface area contributed by atoms with Gasteiger partial charge in [0.1, 0.15) is 5.75 Å². The van der Waals surface area contributed by atoms with Crippen LogP contribution in [-0.4, -0.2) is 75.2 Å². The molecule has 31 heavy (non-hydrogen) atoms. The molecule has 7 heteroatoms. The van der Waals surface area contributed by atoms with Crippen molar-refractivity contribution >= 4 is 29.9 Å². The van der Waals surface area contributed by atoms with E-state index in [1.54, 1.807) is 7.11 Å². The average molecular weight is 546 g/mol. The molecular weight excluding hydrogens is 501 g/mol. The number of nitrogens with one attached hydrogen (secondary N) is 2. The summed E-state index contributed by atoms with van der Waals surface area (Å²) in [6, 6.07) is 8.63. The van der Waals surface area contributed by atoms with Crippen molar-refractivity contribution in [2.45, 2.75) is 52.5 Å². The van der Waals surface area contributed by atoms with Crippen molar-refractivity contribution in [2.75, 3.05) is 59.5 Å². The molecule has 1 aliphatic heterocycles. The largest absolute Gasteiger partial charge is 0.496 e. The van der Waals surface area contributed by atoms with E-state index in [2.05, 4.69) is 59.4 Å². The first-order valence-corrected chi connectivity index (χ1v) is 11.8. The van der Waals surface area contributed by atoms with Crippen LogP contribution in [-0.2, 0) is 0 Å². The zero-order chi connectivity index (χ0) is 21.6. The monoisotopic (exact) mass is 545 g/mol. The maximum absolute atomic E-state index is 5.66. The lowest BCUT2D eigenvalue weighted by atomic mass is 10.0. The van der Waals surface area contributed by atoms with Gasteiger partial charge in [0.2, 0.25) is 0 Å². The Kier molecular flexibility index (Phi) is 14.9. The summed E-state index contributed by atoms with van der Waals surface area (Å²) in [4.78, 5) is 9.99. The second-order valence-corrected chi connectivity index (χ2v) is 7.88. The van der Waals surface area contributed by atoms with Crippen molar-refractivity contribution in [1.29, 1.82) is 0 Å². The Morgan fingerprint density at radius 2 is 1.81 bits per heavy atom. The van der Waals surface area contributed by atoms with E-state index in [-0.39, 0.29) is 30.0 Å². The van der Waals surface area contributed by atoms with Gasteiger partial charge in [-0.05, 0) is 71.4 Å². The predicted molar refractivity (Wildman–Crippen MR) is 143 cm³/mol. The molecule has 1 aromatic carbocycles. The van der Waals surface area contributed by atoms with Crippen LogP contribution in [0.1, 0.15) is 58.1 Å². The Morgan fingerprint density at radius 1 is 1.10 bits per heavy atom. The van der Waals surface area contributed by atoms with E-state index in [4.69, 9.17) is 9.73 Å². The quantitative estimate of drug-likeness (QED) is 0.169. The van der Waals surface area contributed by atoms with E-state index in [0.717, 1.165) is 63.9 Å². The van der Waals surface area contributed by atoms with E-state index in [9.17, 15) is 0 Å². The van der Waals surface area contributed by atoms with Gasteiger partial charge in [-0.3, -0.25) is 9.89 Å². The van der Waals surface area contributed by atoms with Gasteiger partial charge in [0.15, 0.2) is 5.96 Å². The Balaban J connectivity index is 0.00000480. The number of benzene rings is 1. The van der Waals surface area contributed by atoms with Gasteiger partial charge in [0.05, 0.1) is 19.7 Å². The molecule has 0 saturated carbocycles. The second kappa shape index (κ2) is 16.6. The summed E-state index contributed by atoms with van der Waals surface area (Å²) >= 11 is 0. The number of para-hydroxylation sites is 1. The number of nitrogens with zero attached hydrogens (tertiary/aromatic N) is 3. The molecule has 0 spiro atoms. The van der Waals surface area contributed by atoms with Crippen molar-refractivity contribution in [3.63, 3.8) is 0 Å². The second-order valence-electron chi connectivity index (χ2n) is 7.88. The van der Waals surface area contributed by atoms with E-state index < -0.39 is 0 Å². The third-order valence-electron chi connectivity index (χ3n) is 5.93. The Labute approximate surface area is 207 Å². The van der Waals surface area contributed by atoms with Crippen LogP contribution in [0.15, 0.2) is 29.3 Å². The van der Waals surface area contributed by atoms with Crippen molar-refractivity contribution < 1.29 is 4.74 Å². The van der Waals surface area contributed by atoms with Gasteiger partial charge >= 0.3 is 0 Å². The minimum Gasteiger partial charge on any atom is -0.496 e. The Hall–Kier alpha value is -1.06. The highest BCUT2D eigenvalue weighted by Gasteiger charge is 2.25. The highest BCUT2D eigenvalue weighted by atomic mass is 127. The van der Waals surface area contributed by atoms with Crippen LogP contribution in [0.5, 0.6) is 5.75 Å². The van der Waals surface area contributed by atoms with E-state index in [1.165, 1.54) is 31.4 Å². The summed E-state index contributed by atoms with van der Waals surface area (Å²) in [6.07, 6.45) is 4.90. The minimum absolute atomic E-state index is 0. The van der Waals surface area contributed by atoms with Crippen LogP contribution in [0.25, 0.3) is 0 Å². The molecule has 0 radical (unpaired) electrons. The third-order valence-corrected chi connectivity index (χ3v) is 5.93. The molecular formula is C24H44IN5O. The summed E-state index contributed by atoms with van der Waals surface area (Å²) in [5, 5.41) is 6.94. The lowest BCUT2D eigenvalue weighted by Gasteiger charge is -2.28. The SMILES string of the molecule is CCNC(=NCC(c1ccccc1OC)N1CCCC1)NCCCCN(CC)CC.I. The van der Waals surface area contributed by atoms with E-state index in [0.29, 0.717) is 0 Å². The molecule has 6 nitrogen and oxygen atoms in total. The van der Waals surface area contributed by atoms with Crippen LogP contribution in [0.4, 0.5) is 0 Å². The van der Waals surface area contributed by atoms with Gasteiger partial charge in [0.25, 0.3) is 0 Å². The Morgan fingerprint density at radius 3 is 2.45 bits per heavy atom. The molecule has 2 N–H and O–H groups in total. The molecule has 178 valence electrons. The third kappa shape index (κ3) is 9.53. The van der Waals surface area contributed by atoms with Crippen molar-refractivity contribution in [1.82, 2.24) is 20.4 Å². The van der Waals surface area contributed by atoms with Crippen LogP contribution < -0.4 is 15.4 Å². The zero-order valence-electron chi connectivity index (χ0n) is 20.0. The van der Waals surface area contributed by atoms with Crippen LogP contribution >= 0.6 is 24.0 Å². The number of likely N-dealkylation sites (tertiary alicyclic amines) is 1. The highest BCUT2D eigenvalue weighted by molar-refractivity contribution is 14.0. The summed E-state index contributed by atoms with van der Waals surface area (Å²) < 4.78 is 5.66. The van der Waals surface area contributed by atoms with Crippen LogP contribution in [0, 0.1) is 0 Å². The zero-order valence-corrected chi connectivity index (χ0v) is 22.4. The number of methoxy groups -OCH3 is 1. The fraction of sp³-hybridized carbons (Fsp3) is 0.708. The molecule has 1 atom stereocenters. The first kappa shape index (κ1) is 28.0. The van der Waals surface area contributed by atoms with E-state index in [1.807, 2.05) is 6.07 Å². The molecule has 1 saturated heterocycles. The number of guanidine groups is 1. The molecule has 1 fully saturated rings. The number of ether oxygens (including phenoxy) is 1. The fourth-order valence-electron chi connectivity index (χ4n) is 4.13. The van der Waals surface area contributed by atoms with Crippen molar-refractivity contribution in [3.05, 3.63) is 29.8 Å². The fourth-order valence-corrected chi connectivity index (χ4v) is 4.13. The molecule has 0 bridgehead atoms. The van der Waals surface area contributed by atoms with Crippen LogP contribution in [0.2, 0.25) is 0 Å². The maximum Gasteiger partial charge on any atom is 0.191 e. The average Bonchev–Trinajstić information content (AvgIpc) is 3.31. The van der Waals surface area contributed by atoms with Gasteiger partial charge < -0.3 is 20.3 Å². The number of unbranched alkanes of at least 4 members (excludes halogenated alkanes) is 1. The molecule has 1 heterocycles. The summed E-state index contributed by atoms with van der Waals surface area (Å²) in [5.74, 6) is 1.87. The van der Waals surface area contributed by atoms with Gasteiger partial charge in [-0.1, -0.05) is 32.0 Å². The normalized spacial score (nSPS) is 15.6. The summed E-state index contributed by atoms with van der Waals surface area (Å²) in [7, 11) is 1.76. The lowest BCUT2D eigenvalue weighted by molar-refractivity contribution is 0.245. The molecule has 0 amide bonds. The minimum atomic E-state index is 0. The topological polar surface area (TPSA) is 52.1 Å². The van der Waals surface area contributed by atoms with Gasteiger partial charge in [-0.25, -0.2) is 0 Å². The Bertz CT molecular complexity index is 618. The van der Waals surface area contributed by atoms with Crippen LogP contribution in [0.3, 0.4) is 0 Å². The summed E-state index contributed by atoms with van der Waals surface area (Å²) in [5.41, 5.74) is 1.24. The molecule has 2 rings (SSSR count). The van der Waals surface area contributed by atoms with Gasteiger partial charge in [0, 0.05) is 18.7 Å². The molecule has 1 unspecified atom stereocenters. The number of hydrogen-bond donors (Lipinski definition) is 2. The first-order valence-electron chi connectivity index (χ1n) is 11.8. The van der Waals surface area contributed by atoms with Crippen molar-refractivity contribution in [2.24, 2.45) is 4.99 Å². The van der Waals surface area contributed by atoms with Gasteiger partial charge in [-0.15, -0.1) is 24.0 Å². The standard InChI is InChI=1S/C24H43N5O.HI/c1-5-25-24(26-16-10-11-17-28(6-2)7-3)27-20-22(29-18-12-13-19-29)21-14-8-9-15-23(21)30-4;/h8-9,14-15,22H,5-7,10-13,16-20H2,1-4H3,(H2,25,26,27);1H. The number of halogens is 1. The molecule has 0 aromatic heterocycles. The summed E-state index contributed by atoms with van der Waals surface area (Å²) in [6.45, 7) is 14.8. The molecule has 1 aliphatic rings. The smallest absolute Gasteiger partial charge is 0.191 e. The van der Waals surface area contributed by atoms with Gasteiger partial charge in [-0.2, -0.15) is 0 Å². The highest BCUT2D eigenvalue weighted by Crippen LogP contribution is 2.31. The predicted octanol–water partition coefficient (Wildman–Crippen LogP) is 4.13. The number of hydrogen-bond acceptors (Lipinski definition) is 4. The van der Waals surface area contributed by atoms with E-state index >= 15 is 0 Å².